The van der Waals surface area contributed by atoms with E-state index in [1.54, 1.807) is 18.4 Å². The average Bonchev–Trinajstić information content (AvgIpc) is 2.89. The lowest BCUT2D eigenvalue weighted by atomic mass is 9.84. The third-order valence-corrected chi connectivity index (χ3v) is 4.57. The van der Waals surface area contributed by atoms with Gasteiger partial charge >= 0.3 is 5.97 Å². The Morgan fingerprint density at radius 1 is 1.65 bits per heavy atom. The molecular formula is C14H21NO4S. The van der Waals surface area contributed by atoms with Crippen LogP contribution in [0.3, 0.4) is 0 Å². The smallest absolute Gasteiger partial charge is 0.305 e. The molecular weight excluding hydrogens is 278 g/mol. The Kier molecular flexibility index (Phi) is 5.54. The van der Waals surface area contributed by atoms with Crippen molar-refractivity contribution in [1.82, 2.24) is 5.32 Å². The summed E-state index contributed by atoms with van der Waals surface area (Å²) in [4.78, 5) is 12.1. The molecule has 4 atom stereocenters. The van der Waals surface area contributed by atoms with Gasteiger partial charge in [0.2, 0.25) is 0 Å². The Balaban J connectivity index is 1.96. The van der Waals surface area contributed by atoms with Crippen LogP contribution in [-0.4, -0.2) is 43.0 Å². The van der Waals surface area contributed by atoms with E-state index < -0.39 is 5.97 Å². The fourth-order valence-electron chi connectivity index (χ4n) is 2.60. The van der Waals surface area contributed by atoms with Gasteiger partial charge in [-0.2, -0.15) is 0 Å². The number of hydrogen-bond acceptors (Lipinski definition) is 5. The quantitative estimate of drug-likeness (QED) is 0.769. The summed E-state index contributed by atoms with van der Waals surface area (Å²) in [6.07, 6.45) is 1.03. The van der Waals surface area contributed by atoms with Crippen molar-refractivity contribution in [2.24, 2.45) is 0 Å². The molecule has 20 heavy (non-hydrogen) atoms. The summed E-state index contributed by atoms with van der Waals surface area (Å²) in [7, 11) is 1.67. The molecule has 0 bridgehead atoms. The molecule has 0 aromatic carbocycles. The van der Waals surface area contributed by atoms with Crippen molar-refractivity contribution < 1.29 is 19.4 Å². The maximum atomic E-state index is 11.0. The van der Waals surface area contributed by atoms with E-state index in [1.807, 2.05) is 24.4 Å². The molecule has 1 saturated carbocycles. The van der Waals surface area contributed by atoms with Gasteiger partial charge in [-0.1, -0.05) is 6.07 Å². The highest BCUT2D eigenvalue weighted by Gasteiger charge is 2.43. The van der Waals surface area contributed by atoms with Gasteiger partial charge in [0.05, 0.1) is 24.7 Å². The van der Waals surface area contributed by atoms with Crippen molar-refractivity contribution in [2.45, 2.75) is 44.1 Å². The predicted octanol–water partition coefficient (Wildman–Crippen LogP) is 2.05. The van der Waals surface area contributed by atoms with Crippen molar-refractivity contribution in [3.63, 3.8) is 0 Å². The topological polar surface area (TPSA) is 67.8 Å². The number of carboxylic acid groups (broad SMARTS) is 1. The standard InChI is InChI=1S/C14H21NO4S/c1-3-19-11-7-10(14(11)18-2)15-9(8-13(16)17)12-5-4-6-20-12/h4-6,9-11,14-15H,3,7-8H2,1-2H3,(H,16,17). The maximum Gasteiger partial charge on any atom is 0.305 e. The molecule has 0 radical (unpaired) electrons. The van der Waals surface area contributed by atoms with Crippen LogP contribution in [0.5, 0.6) is 0 Å². The molecule has 112 valence electrons. The van der Waals surface area contributed by atoms with Crippen LogP contribution in [0.1, 0.15) is 30.7 Å². The summed E-state index contributed by atoms with van der Waals surface area (Å²) >= 11 is 1.57. The normalized spacial score (nSPS) is 27.0. The first kappa shape index (κ1) is 15.4. The van der Waals surface area contributed by atoms with Gasteiger partial charge in [-0.15, -0.1) is 11.3 Å². The minimum atomic E-state index is -0.800. The molecule has 0 aliphatic heterocycles. The van der Waals surface area contributed by atoms with Gasteiger partial charge < -0.3 is 19.9 Å². The van der Waals surface area contributed by atoms with Crippen LogP contribution in [0.25, 0.3) is 0 Å². The Bertz CT molecular complexity index is 423. The molecule has 1 fully saturated rings. The molecule has 6 heteroatoms. The number of methoxy groups -OCH3 is 1. The summed E-state index contributed by atoms with van der Waals surface area (Å²) in [5.41, 5.74) is 0. The van der Waals surface area contributed by atoms with Gasteiger partial charge in [0.15, 0.2) is 0 Å². The van der Waals surface area contributed by atoms with E-state index in [1.165, 1.54) is 0 Å². The molecule has 0 saturated heterocycles. The molecule has 1 heterocycles. The van der Waals surface area contributed by atoms with Gasteiger partial charge in [0, 0.05) is 24.6 Å². The van der Waals surface area contributed by atoms with E-state index in [0.29, 0.717) is 6.61 Å². The summed E-state index contributed by atoms with van der Waals surface area (Å²) < 4.78 is 11.0. The first-order valence-corrected chi connectivity index (χ1v) is 7.69. The molecule has 2 rings (SSSR count). The zero-order valence-corrected chi connectivity index (χ0v) is 12.6. The molecule has 1 aliphatic rings. The monoisotopic (exact) mass is 299 g/mol. The summed E-state index contributed by atoms with van der Waals surface area (Å²) in [6.45, 7) is 2.63. The zero-order valence-electron chi connectivity index (χ0n) is 11.7. The second-order valence-corrected chi connectivity index (χ2v) is 5.85. The molecule has 1 aliphatic carbocycles. The van der Waals surface area contributed by atoms with Crippen molar-refractivity contribution >= 4 is 17.3 Å². The highest BCUT2D eigenvalue weighted by atomic mass is 32.1. The summed E-state index contributed by atoms with van der Waals surface area (Å²) in [6, 6.07) is 3.88. The van der Waals surface area contributed by atoms with Crippen molar-refractivity contribution in [3.8, 4) is 0 Å². The number of carbonyl (C=O) groups is 1. The van der Waals surface area contributed by atoms with E-state index in [-0.39, 0.29) is 30.7 Å². The van der Waals surface area contributed by atoms with E-state index in [9.17, 15) is 4.79 Å². The second kappa shape index (κ2) is 7.17. The van der Waals surface area contributed by atoms with Crippen LogP contribution < -0.4 is 5.32 Å². The Labute approximate surface area is 122 Å². The number of nitrogens with one attached hydrogen (secondary N) is 1. The SMILES string of the molecule is CCOC1CC(NC(CC(=O)O)c2cccs2)C1OC. The molecule has 2 N–H and O–H groups in total. The Morgan fingerprint density at radius 2 is 2.45 bits per heavy atom. The Morgan fingerprint density at radius 3 is 3.00 bits per heavy atom. The molecule has 4 unspecified atom stereocenters. The van der Waals surface area contributed by atoms with E-state index in [4.69, 9.17) is 14.6 Å². The summed E-state index contributed by atoms with van der Waals surface area (Å²) in [5, 5.41) is 14.4. The van der Waals surface area contributed by atoms with Crippen LogP contribution in [-0.2, 0) is 14.3 Å². The fraction of sp³-hybridized carbons (Fsp3) is 0.643. The molecule has 1 aromatic heterocycles. The van der Waals surface area contributed by atoms with Crippen molar-refractivity contribution in [1.29, 1.82) is 0 Å². The van der Waals surface area contributed by atoms with Gasteiger partial charge in [-0.05, 0) is 24.8 Å². The van der Waals surface area contributed by atoms with Crippen LogP contribution in [0.2, 0.25) is 0 Å². The van der Waals surface area contributed by atoms with E-state index >= 15 is 0 Å². The summed E-state index contributed by atoms with van der Waals surface area (Å²) in [5.74, 6) is -0.800. The fourth-order valence-corrected chi connectivity index (χ4v) is 3.39. The Hall–Kier alpha value is -0.950. The highest BCUT2D eigenvalue weighted by molar-refractivity contribution is 7.10. The minimum absolute atomic E-state index is 0.00814. The predicted molar refractivity (Wildman–Crippen MR) is 77.1 cm³/mol. The van der Waals surface area contributed by atoms with Crippen LogP contribution in [0.15, 0.2) is 17.5 Å². The third kappa shape index (κ3) is 3.58. The van der Waals surface area contributed by atoms with Gasteiger partial charge in [-0.25, -0.2) is 0 Å². The lowest BCUT2D eigenvalue weighted by molar-refractivity contribution is -0.140. The van der Waals surface area contributed by atoms with E-state index in [2.05, 4.69) is 5.32 Å². The van der Waals surface area contributed by atoms with Gasteiger partial charge in [0.1, 0.15) is 0 Å². The largest absolute Gasteiger partial charge is 0.481 e. The first-order chi connectivity index (χ1) is 9.65. The number of hydrogen-bond donors (Lipinski definition) is 2. The van der Waals surface area contributed by atoms with Crippen molar-refractivity contribution in [2.75, 3.05) is 13.7 Å². The number of carboxylic acids is 1. The van der Waals surface area contributed by atoms with E-state index in [0.717, 1.165) is 11.3 Å². The molecule has 1 aromatic rings. The number of ether oxygens (including phenoxy) is 2. The second-order valence-electron chi connectivity index (χ2n) is 4.87. The first-order valence-electron chi connectivity index (χ1n) is 6.81. The minimum Gasteiger partial charge on any atom is -0.481 e. The van der Waals surface area contributed by atoms with Crippen LogP contribution in [0.4, 0.5) is 0 Å². The highest BCUT2D eigenvalue weighted by Crippen LogP contribution is 2.31. The van der Waals surface area contributed by atoms with Gasteiger partial charge in [0.25, 0.3) is 0 Å². The van der Waals surface area contributed by atoms with Gasteiger partial charge in [-0.3, -0.25) is 4.79 Å². The average molecular weight is 299 g/mol. The maximum absolute atomic E-state index is 11.0. The number of rotatable bonds is 8. The number of thiophene rings is 1. The lowest BCUT2D eigenvalue weighted by Gasteiger charge is -2.44. The van der Waals surface area contributed by atoms with Crippen molar-refractivity contribution in [3.05, 3.63) is 22.4 Å². The number of aliphatic carboxylic acids is 1. The molecule has 0 amide bonds. The zero-order chi connectivity index (χ0) is 14.5. The molecule has 5 nitrogen and oxygen atoms in total. The van der Waals surface area contributed by atoms with Crippen LogP contribution in [0, 0.1) is 0 Å². The van der Waals surface area contributed by atoms with Crippen LogP contribution >= 0.6 is 11.3 Å². The molecule has 0 spiro atoms. The third-order valence-electron chi connectivity index (χ3n) is 3.58. The lowest BCUT2D eigenvalue weighted by Crippen LogP contribution is -2.60.